The molecular formula is C23H26O4. The molecule has 3 rings (SSSR count). The van der Waals surface area contributed by atoms with Crippen LogP contribution in [0.15, 0.2) is 42.5 Å². The molecule has 0 heterocycles. The van der Waals surface area contributed by atoms with Gasteiger partial charge in [-0.3, -0.25) is 9.59 Å². The molecule has 142 valence electrons. The summed E-state index contributed by atoms with van der Waals surface area (Å²) in [7, 11) is 1.38. The van der Waals surface area contributed by atoms with Crippen molar-refractivity contribution in [3.05, 3.63) is 53.6 Å². The first-order valence-corrected chi connectivity index (χ1v) is 9.52. The van der Waals surface area contributed by atoms with E-state index in [-0.39, 0.29) is 11.9 Å². The van der Waals surface area contributed by atoms with Crippen LogP contribution in [0.5, 0.6) is 5.75 Å². The Hall–Kier alpha value is -2.62. The van der Waals surface area contributed by atoms with Crippen molar-refractivity contribution in [2.24, 2.45) is 5.92 Å². The van der Waals surface area contributed by atoms with Crippen LogP contribution in [0.3, 0.4) is 0 Å². The van der Waals surface area contributed by atoms with Gasteiger partial charge < -0.3 is 9.47 Å². The number of carbonyl (C=O) groups excluding carboxylic acids is 2. The third-order valence-corrected chi connectivity index (χ3v) is 5.37. The lowest BCUT2D eigenvalue weighted by Gasteiger charge is -2.25. The number of benzene rings is 2. The zero-order valence-electron chi connectivity index (χ0n) is 15.9. The molecule has 0 radical (unpaired) electrons. The predicted molar refractivity (Wildman–Crippen MR) is 105 cm³/mol. The van der Waals surface area contributed by atoms with Gasteiger partial charge in [-0.25, -0.2) is 0 Å². The fourth-order valence-electron chi connectivity index (χ4n) is 3.31. The summed E-state index contributed by atoms with van der Waals surface area (Å²) in [6, 6.07) is 14.3. The van der Waals surface area contributed by atoms with Crippen molar-refractivity contribution >= 4 is 12.3 Å². The highest BCUT2D eigenvalue weighted by Gasteiger charge is 2.19. The number of carbonyl (C=O) groups is 2. The molecule has 2 aromatic carbocycles. The van der Waals surface area contributed by atoms with Gasteiger partial charge in [0.1, 0.15) is 5.75 Å². The van der Waals surface area contributed by atoms with Crippen molar-refractivity contribution in [1.29, 1.82) is 0 Å². The topological polar surface area (TPSA) is 52.6 Å². The number of esters is 1. The largest absolute Gasteiger partial charge is 0.493 e. The van der Waals surface area contributed by atoms with E-state index in [4.69, 9.17) is 9.47 Å². The molecule has 1 unspecified atom stereocenters. The highest BCUT2D eigenvalue weighted by Crippen LogP contribution is 2.37. The standard InChI is InChI=1S/C23H26O4/c1-16(23(25)26-2)12-13-27-22-11-10-20(14-21(22)15-24)19-8-6-18(7-9-19)17-4-3-5-17/h6-11,14-17H,3-5,12-13H2,1-2H3. The van der Waals surface area contributed by atoms with Crippen molar-refractivity contribution in [1.82, 2.24) is 0 Å². The maximum atomic E-state index is 11.5. The normalized spacial score (nSPS) is 14.9. The van der Waals surface area contributed by atoms with E-state index >= 15 is 0 Å². The van der Waals surface area contributed by atoms with Gasteiger partial charge in [0.25, 0.3) is 0 Å². The maximum Gasteiger partial charge on any atom is 0.308 e. The van der Waals surface area contributed by atoms with E-state index in [1.54, 1.807) is 6.92 Å². The second-order valence-electron chi connectivity index (χ2n) is 7.18. The fourth-order valence-corrected chi connectivity index (χ4v) is 3.31. The zero-order chi connectivity index (χ0) is 19.2. The Labute approximate surface area is 160 Å². The van der Waals surface area contributed by atoms with E-state index in [9.17, 15) is 9.59 Å². The molecule has 0 aliphatic heterocycles. The van der Waals surface area contributed by atoms with Crippen LogP contribution < -0.4 is 4.74 Å². The van der Waals surface area contributed by atoms with Gasteiger partial charge in [-0.2, -0.15) is 0 Å². The predicted octanol–water partition coefficient (Wildman–Crippen LogP) is 5.01. The summed E-state index contributed by atoms with van der Waals surface area (Å²) in [4.78, 5) is 22.9. The summed E-state index contributed by atoms with van der Waals surface area (Å²) in [5.74, 6) is 0.766. The highest BCUT2D eigenvalue weighted by molar-refractivity contribution is 5.83. The summed E-state index contributed by atoms with van der Waals surface area (Å²) in [5.41, 5.74) is 4.00. The number of aldehydes is 1. The Kier molecular flexibility index (Phi) is 6.28. The fraction of sp³-hybridized carbons (Fsp3) is 0.391. The number of methoxy groups -OCH3 is 1. The lowest BCUT2D eigenvalue weighted by atomic mass is 9.80. The molecule has 27 heavy (non-hydrogen) atoms. The average molecular weight is 366 g/mol. The van der Waals surface area contributed by atoms with Gasteiger partial charge in [-0.15, -0.1) is 0 Å². The van der Waals surface area contributed by atoms with Crippen LogP contribution in [-0.2, 0) is 9.53 Å². The molecule has 0 N–H and O–H groups in total. The molecule has 2 aromatic rings. The van der Waals surface area contributed by atoms with Crippen molar-refractivity contribution in [2.45, 2.75) is 38.5 Å². The first-order valence-electron chi connectivity index (χ1n) is 9.52. The van der Waals surface area contributed by atoms with Crippen LogP contribution in [0, 0.1) is 5.92 Å². The second-order valence-corrected chi connectivity index (χ2v) is 7.18. The Morgan fingerprint density at radius 3 is 2.44 bits per heavy atom. The van der Waals surface area contributed by atoms with Gasteiger partial charge >= 0.3 is 5.97 Å². The van der Waals surface area contributed by atoms with E-state index in [1.165, 1.54) is 31.9 Å². The molecule has 4 nitrogen and oxygen atoms in total. The van der Waals surface area contributed by atoms with Crippen molar-refractivity contribution in [3.63, 3.8) is 0 Å². The van der Waals surface area contributed by atoms with Gasteiger partial charge in [-0.1, -0.05) is 43.7 Å². The van der Waals surface area contributed by atoms with Gasteiger partial charge in [0.15, 0.2) is 6.29 Å². The monoisotopic (exact) mass is 366 g/mol. The molecule has 1 saturated carbocycles. The molecule has 0 saturated heterocycles. The van der Waals surface area contributed by atoms with Crippen molar-refractivity contribution < 1.29 is 19.1 Å². The number of rotatable bonds is 8. The summed E-state index contributed by atoms with van der Waals surface area (Å²) < 4.78 is 10.4. The first kappa shape index (κ1) is 19.2. The molecule has 0 bridgehead atoms. The molecule has 0 amide bonds. The Balaban J connectivity index is 1.66. The molecule has 0 aromatic heterocycles. The minimum Gasteiger partial charge on any atom is -0.493 e. The summed E-state index contributed by atoms with van der Waals surface area (Å²) in [6.45, 7) is 2.15. The highest BCUT2D eigenvalue weighted by atomic mass is 16.5. The molecule has 1 atom stereocenters. The molecule has 1 fully saturated rings. The van der Waals surface area contributed by atoms with Gasteiger partial charge in [-0.05, 0) is 54.0 Å². The average Bonchev–Trinajstić information content (AvgIpc) is 2.66. The number of ether oxygens (including phenoxy) is 2. The van der Waals surface area contributed by atoms with Crippen LogP contribution in [0.25, 0.3) is 11.1 Å². The van der Waals surface area contributed by atoms with Gasteiger partial charge in [0, 0.05) is 0 Å². The third-order valence-electron chi connectivity index (χ3n) is 5.37. The van der Waals surface area contributed by atoms with Gasteiger partial charge in [0.05, 0.1) is 25.2 Å². The minimum atomic E-state index is -0.255. The summed E-state index contributed by atoms with van der Waals surface area (Å²) in [5, 5.41) is 0. The number of hydrogen-bond donors (Lipinski definition) is 0. The lowest BCUT2D eigenvalue weighted by molar-refractivity contribution is -0.145. The van der Waals surface area contributed by atoms with Gasteiger partial charge in [0.2, 0.25) is 0 Å². The third kappa shape index (κ3) is 4.57. The molecule has 4 heteroatoms. The summed E-state index contributed by atoms with van der Waals surface area (Å²) >= 11 is 0. The maximum absolute atomic E-state index is 11.5. The van der Waals surface area contributed by atoms with E-state index in [1.807, 2.05) is 18.2 Å². The smallest absolute Gasteiger partial charge is 0.308 e. The van der Waals surface area contributed by atoms with Crippen molar-refractivity contribution in [3.8, 4) is 16.9 Å². The lowest BCUT2D eigenvalue weighted by Crippen LogP contribution is -2.15. The van der Waals surface area contributed by atoms with E-state index in [0.29, 0.717) is 30.3 Å². The van der Waals surface area contributed by atoms with E-state index < -0.39 is 0 Å². The molecule has 1 aliphatic rings. The number of hydrogen-bond acceptors (Lipinski definition) is 4. The zero-order valence-corrected chi connectivity index (χ0v) is 15.9. The van der Waals surface area contributed by atoms with Crippen LogP contribution in [0.2, 0.25) is 0 Å². The Morgan fingerprint density at radius 1 is 1.15 bits per heavy atom. The SMILES string of the molecule is COC(=O)C(C)CCOc1ccc(-c2ccc(C3CCC3)cc2)cc1C=O. The van der Waals surface area contributed by atoms with Crippen molar-refractivity contribution in [2.75, 3.05) is 13.7 Å². The van der Waals surface area contributed by atoms with Crippen LogP contribution in [0.1, 0.15) is 54.4 Å². The van der Waals surface area contributed by atoms with Crippen LogP contribution in [0.4, 0.5) is 0 Å². The second kappa shape index (κ2) is 8.85. The summed E-state index contributed by atoms with van der Waals surface area (Å²) in [6.07, 6.45) is 5.25. The Bertz CT molecular complexity index is 791. The Morgan fingerprint density at radius 2 is 1.85 bits per heavy atom. The minimum absolute atomic E-state index is 0.233. The quantitative estimate of drug-likeness (QED) is 0.487. The van der Waals surface area contributed by atoms with E-state index in [2.05, 4.69) is 24.3 Å². The first-order chi connectivity index (χ1) is 13.1. The van der Waals surface area contributed by atoms with E-state index in [0.717, 1.165) is 17.4 Å². The van der Waals surface area contributed by atoms with Crippen LogP contribution in [-0.4, -0.2) is 26.0 Å². The van der Waals surface area contributed by atoms with Crippen LogP contribution >= 0.6 is 0 Å². The molecule has 1 aliphatic carbocycles. The molecule has 0 spiro atoms. The molecular weight excluding hydrogens is 340 g/mol.